The smallest absolute Gasteiger partial charge is 0.109 e. The quantitative estimate of drug-likeness (QED) is 0.795. The normalized spacial score (nSPS) is 21.1. The summed E-state index contributed by atoms with van der Waals surface area (Å²) < 4.78 is 0. The van der Waals surface area contributed by atoms with Gasteiger partial charge in [0, 0.05) is 17.6 Å². The van der Waals surface area contributed by atoms with Gasteiger partial charge >= 0.3 is 0 Å². The Morgan fingerprint density at radius 3 is 2.67 bits per heavy atom. The number of thiazole rings is 1. The van der Waals surface area contributed by atoms with E-state index in [1.807, 2.05) is 6.20 Å². The van der Waals surface area contributed by atoms with Gasteiger partial charge in [0.1, 0.15) is 5.01 Å². The molecule has 1 fully saturated rings. The number of aromatic nitrogens is 1. The van der Waals surface area contributed by atoms with E-state index in [1.165, 1.54) is 43.5 Å². The molecule has 1 heterocycles. The summed E-state index contributed by atoms with van der Waals surface area (Å²) in [4.78, 5) is 4.36. The van der Waals surface area contributed by atoms with Gasteiger partial charge in [-0.05, 0) is 19.8 Å². The van der Waals surface area contributed by atoms with Crippen LogP contribution in [-0.4, -0.2) is 11.0 Å². The van der Waals surface area contributed by atoms with Gasteiger partial charge < -0.3 is 5.32 Å². The van der Waals surface area contributed by atoms with Crippen LogP contribution in [0.25, 0.3) is 0 Å². The predicted molar refractivity (Wildman–Crippen MR) is 65.2 cm³/mol. The van der Waals surface area contributed by atoms with E-state index in [-0.39, 0.29) is 0 Å². The van der Waals surface area contributed by atoms with Crippen LogP contribution in [0.4, 0.5) is 0 Å². The van der Waals surface area contributed by atoms with Gasteiger partial charge in [0.2, 0.25) is 0 Å². The molecule has 0 amide bonds. The lowest BCUT2D eigenvalue weighted by atomic mass is 10.1. The molecule has 1 aliphatic carbocycles. The summed E-state index contributed by atoms with van der Waals surface area (Å²) >= 11 is 1.75. The molecule has 15 heavy (non-hydrogen) atoms. The average Bonchev–Trinajstić information content (AvgIpc) is 2.65. The van der Waals surface area contributed by atoms with Crippen LogP contribution in [0.15, 0.2) is 11.6 Å². The summed E-state index contributed by atoms with van der Waals surface area (Å²) in [5, 5.41) is 6.99. The zero-order valence-electron chi connectivity index (χ0n) is 9.41. The predicted octanol–water partition coefficient (Wildman–Crippen LogP) is 3.52. The van der Waals surface area contributed by atoms with E-state index in [0.29, 0.717) is 12.1 Å². The number of hydrogen-bond acceptors (Lipinski definition) is 3. The second-order valence-corrected chi connectivity index (χ2v) is 5.37. The van der Waals surface area contributed by atoms with Crippen molar-refractivity contribution in [2.24, 2.45) is 0 Å². The molecule has 0 aromatic carbocycles. The van der Waals surface area contributed by atoms with E-state index in [4.69, 9.17) is 0 Å². The van der Waals surface area contributed by atoms with Crippen molar-refractivity contribution in [1.29, 1.82) is 0 Å². The summed E-state index contributed by atoms with van der Waals surface area (Å²) in [5.74, 6) is 0. The van der Waals surface area contributed by atoms with E-state index in [2.05, 4.69) is 22.6 Å². The molecule has 0 saturated heterocycles. The number of nitrogens with one attached hydrogen (secondary N) is 1. The minimum Gasteiger partial charge on any atom is -0.305 e. The standard InChI is InChI=1S/C12H20N2S/c1-10(12-13-8-9-15-12)14-11-6-4-2-3-5-7-11/h8-11,14H,2-7H2,1H3. The Kier molecular flexibility index (Phi) is 4.15. The lowest BCUT2D eigenvalue weighted by Gasteiger charge is -2.20. The number of rotatable bonds is 3. The molecular weight excluding hydrogens is 204 g/mol. The molecule has 3 heteroatoms. The van der Waals surface area contributed by atoms with Gasteiger partial charge in [0.15, 0.2) is 0 Å². The molecule has 84 valence electrons. The van der Waals surface area contributed by atoms with E-state index in [9.17, 15) is 0 Å². The van der Waals surface area contributed by atoms with Gasteiger partial charge in [-0.15, -0.1) is 11.3 Å². The van der Waals surface area contributed by atoms with E-state index in [0.717, 1.165) is 0 Å². The third-order valence-electron chi connectivity index (χ3n) is 3.16. The van der Waals surface area contributed by atoms with E-state index in [1.54, 1.807) is 11.3 Å². The van der Waals surface area contributed by atoms with Crippen LogP contribution in [0.2, 0.25) is 0 Å². The lowest BCUT2D eigenvalue weighted by molar-refractivity contribution is 0.413. The fourth-order valence-electron chi connectivity index (χ4n) is 2.32. The molecule has 1 unspecified atom stereocenters. The molecule has 0 radical (unpaired) electrons. The maximum absolute atomic E-state index is 4.36. The first-order chi connectivity index (χ1) is 7.36. The zero-order chi connectivity index (χ0) is 10.5. The van der Waals surface area contributed by atoms with Crippen molar-refractivity contribution in [2.45, 2.75) is 57.5 Å². The Morgan fingerprint density at radius 1 is 1.33 bits per heavy atom. The second kappa shape index (κ2) is 5.61. The highest BCUT2D eigenvalue weighted by molar-refractivity contribution is 7.09. The molecule has 1 aliphatic rings. The molecule has 2 nitrogen and oxygen atoms in total. The van der Waals surface area contributed by atoms with Crippen LogP contribution < -0.4 is 5.32 Å². The van der Waals surface area contributed by atoms with Crippen molar-refractivity contribution in [3.63, 3.8) is 0 Å². The van der Waals surface area contributed by atoms with Crippen molar-refractivity contribution < 1.29 is 0 Å². The molecule has 0 spiro atoms. The monoisotopic (exact) mass is 224 g/mol. The molecule has 1 N–H and O–H groups in total. The lowest BCUT2D eigenvalue weighted by Crippen LogP contribution is -2.30. The first-order valence-electron chi connectivity index (χ1n) is 6.01. The highest BCUT2D eigenvalue weighted by Gasteiger charge is 2.16. The van der Waals surface area contributed by atoms with Gasteiger partial charge in [-0.1, -0.05) is 25.7 Å². The second-order valence-electron chi connectivity index (χ2n) is 4.45. The summed E-state index contributed by atoms with van der Waals surface area (Å²) in [5.41, 5.74) is 0. The third kappa shape index (κ3) is 3.28. The number of hydrogen-bond donors (Lipinski definition) is 1. The minimum absolute atomic E-state index is 0.424. The molecule has 0 aliphatic heterocycles. The van der Waals surface area contributed by atoms with Crippen molar-refractivity contribution in [2.75, 3.05) is 0 Å². The highest BCUT2D eigenvalue weighted by Crippen LogP contribution is 2.21. The Labute approximate surface area is 96.1 Å². The van der Waals surface area contributed by atoms with Crippen LogP contribution >= 0.6 is 11.3 Å². The maximum Gasteiger partial charge on any atom is 0.109 e. The molecule has 0 bridgehead atoms. The fraction of sp³-hybridized carbons (Fsp3) is 0.750. The zero-order valence-corrected chi connectivity index (χ0v) is 10.2. The van der Waals surface area contributed by atoms with E-state index >= 15 is 0 Å². The van der Waals surface area contributed by atoms with Gasteiger partial charge in [-0.2, -0.15) is 0 Å². The van der Waals surface area contributed by atoms with Gasteiger partial charge in [-0.3, -0.25) is 0 Å². The SMILES string of the molecule is CC(NC1CCCCCC1)c1nccs1. The van der Waals surface area contributed by atoms with Crippen molar-refractivity contribution in [3.05, 3.63) is 16.6 Å². The topological polar surface area (TPSA) is 24.9 Å². The number of nitrogens with zero attached hydrogens (tertiary/aromatic N) is 1. The molecule has 2 rings (SSSR count). The Hall–Kier alpha value is -0.410. The van der Waals surface area contributed by atoms with Crippen LogP contribution in [-0.2, 0) is 0 Å². The Balaban J connectivity index is 1.84. The first kappa shape index (κ1) is 11.1. The average molecular weight is 224 g/mol. The molecule has 1 aromatic rings. The summed E-state index contributed by atoms with van der Waals surface area (Å²) in [6, 6.07) is 1.14. The third-order valence-corrected chi connectivity index (χ3v) is 4.12. The molecule has 1 aromatic heterocycles. The Bertz CT molecular complexity index is 263. The summed E-state index contributed by atoms with van der Waals surface area (Å²) in [7, 11) is 0. The van der Waals surface area contributed by atoms with Crippen LogP contribution in [0.1, 0.15) is 56.5 Å². The van der Waals surface area contributed by atoms with Crippen molar-refractivity contribution in [1.82, 2.24) is 10.3 Å². The van der Waals surface area contributed by atoms with Crippen molar-refractivity contribution in [3.8, 4) is 0 Å². The largest absolute Gasteiger partial charge is 0.305 e. The van der Waals surface area contributed by atoms with Crippen LogP contribution in [0.5, 0.6) is 0 Å². The maximum atomic E-state index is 4.36. The van der Waals surface area contributed by atoms with Crippen LogP contribution in [0.3, 0.4) is 0 Å². The highest BCUT2D eigenvalue weighted by atomic mass is 32.1. The van der Waals surface area contributed by atoms with Gasteiger partial charge in [0.25, 0.3) is 0 Å². The van der Waals surface area contributed by atoms with E-state index < -0.39 is 0 Å². The molecule has 1 atom stereocenters. The molecular formula is C12H20N2S. The van der Waals surface area contributed by atoms with Crippen LogP contribution in [0, 0.1) is 0 Å². The Morgan fingerprint density at radius 2 is 2.07 bits per heavy atom. The van der Waals surface area contributed by atoms with Gasteiger partial charge in [-0.25, -0.2) is 4.98 Å². The minimum atomic E-state index is 0.424. The first-order valence-corrected chi connectivity index (χ1v) is 6.89. The summed E-state index contributed by atoms with van der Waals surface area (Å²) in [6.45, 7) is 2.23. The molecule has 1 saturated carbocycles. The fourth-order valence-corrected chi connectivity index (χ4v) is 2.97. The van der Waals surface area contributed by atoms with Crippen molar-refractivity contribution >= 4 is 11.3 Å². The summed E-state index contributed by atoms with van der Waals surface area (Å²) in [6.07, 6.45) is 10.2. The van der Waals surface area contributed by atoms with Gasteiger partial charge in [0.05, 0.1) is 6.04 Å².